The number of aromatic nitrogens is 2. The average Bonchev–Trinajstić information content (AvgIpc) is 2.76. The fourth-order valence-corrected chi connectivity index (χ4v) is 2.98. The highest BCUT2D eigenvalue weighted by Gasteiger charge is 2.14. The second-order valence-electron chi connectivity index (χ2n) is 7.16. The highest BCUT2D eigenvalue weighted by Crippen LogP contribution is 2.22. The first-order chi connectivity index (χ1) is 14.9. The number of carbonyl (C=O) groups excluding carboxylic acids is 2. The Morgan fingerprint density at radius 1 is 1.10 bits per heavy atom. The van der Waals surface area contributed by atoms with E-state index in [9.17, 15) is 9.59 Å². The number of hydrogen-bond donors (Lipinski definition) is 3. The number of nitrogen functional groups attached to an aromatic ring is 1. The SMILES string of the molecule is Cc1ccc(NC(=O)c2cccc(CC(C)C#N)c2)cc1NC(=O)c1nccnc1N. The standard InChI is InChI=1S/C23H22N6O2/c1-14(13-24)10-16-4-3-5-17(11-16)22(30)28-18-7-6-15(2)19(12-18)29-23(31)20-21(25)27-9-8-26-20/h3-9,11-12,14H,10H2,1-2H3,(H2,25,27)(H,28,30)(H,29,31). The van der Waals surface area contributed by atoms with E-state index in [0.29, 0.717) is 23.4 Å². The van der Waals surface area contributed by atoms with Crippen molar-refractivity contribution in [3.63, 3.8) is 0 Å². The Morgan fingerprint density at radius 2 is 1.87 bits per heavy atom. The van der Waals surface area contributed by atoms with E-state index < -0.39 is 5.91 Å². The second kappa shape index (κ2) is 9.50. The summed E-state index contributed by atoms with van der Waals surface area (Å²) in [6, 6.07) is 14.6. The van der Waals surface area contributed by atoms with E-state index in [1.807, 2.05) is 19.9 Å². The summed E-state index contributed by atoms with van der Waals surface area (Å²) in [6.45, 7) is 3.67. The number of nitriles is 1. The van der Waals surface area contributed by atoms with Gasteiger partial charge in [0.25, 0.3) is 11.8 Å². The lowest BCUT2D eigenvalue weighted by Gasteiger charge is -2.12. The largest absolute Gasteiger partial charge is 0.382 e. The van der Waals surface area contributed by atoms with Gasteiger partial charge in [-0.05, 0) is 55.7 Å². The zero-order valence-corrected chi connectivity index (χ0v) is 17.2. The van der Waals surface area contributed by atoms with E-state index in [0.717, 1.165) is 11.1 Å². The third kappa shape index (κ3) is 5.42. The minimum absolute atomic E-state index is 0.0275. The van der Waals surface area contributed by atoms with Gasteiger partial charge in [-0.15, -0.1) is 0 Å². The van der Waals surface area contributed by atoms with Crippen LogP contribution in [0.1, 0.15) is 38.9 Å². The number of nitrogens with zero attached hydrogens (tertiary/aromatic N) is 3. The maximum atomic E-state index is 12.7. The molecule has 4 N–H and O–H groups in total. The van der Waals surface area contributed by atoms with Crippen molar-refractivity contribution in [3.8, 4) is 6.07 Å². The van der Waals surface area contributed by atoms with Crippen molar-refractivity contribution in [1.29, 1.82) is 5.26 Å². The van der Waals surface area contributed by atoms with Crippen LogP contribution in [0.3, 0.4) is 0 Å². The lowest BCUT2D eigenvalue weighted by atomic mass is 10.0. The topological polar surface area (TPSA) is 134 Å². The molecular weight excluding hydrogens is 392 g/mol. The van der Waals surface area contributed by atoms with Gasteiger partial charge >= 0.3 is 0 Å². The van der Waals surface area contributed by atoms with Crippen LogP contribution in [0.25, 0.3) is 0 Å². The number of anilines is 3. The molecule has 0 fully saturated rings. The summed E-state index contributed by atoms with van der Waals surface area (Å²) >= 11 is 0. The maximum absolute atomic E-state index is 12.7. The number of nitrogens with two attached hydrogens (primary N) is 1. The predicted molar refractivity (Wildman–Crippen MR) is 118 cm³/mol. The summed E-state index contributed by atoms with van der Waals surface area (Å²) in [5.41, 5.74) is 8.99. The first kappa shape index (κ1) is 21.5. The van der Waals surface area contributed by atoms with Crippen LogP contribution in [0.5, 0.6) is 0 Å². The minimum Gasteiger partial charge on any atom is -0.382 e. The quantitative estimate of drug-likeness (QED) is 0.564. The summed E-state index contributed by atoms with van der Waals surface area (Å²) in [4.78, 5) is 33.0. The normalized spacial score (nSPS) is 11.3. The molecule has 0 bridgehead atoms. The summed E-state index contributed by atoms with van der Waals surface area (Å²) < 4.78 is 0. The molecule has 0 saturated carbocycles. The minimum atomic E-state index is -0.489. The number of amides is 2. The first-order valence-electron chi connectivity index (χ1n) is 9.65. The Morgan fingerprint density at radius 3 is 2.61 bits per heavy atom. The highest BCUT2D eigenvalue weighted by molar-refractivity contribution is 6.07. The van der Waals surface area contributed by atoms with Crippen molar-refractivity contribution in [1.82, 2.24) is 9.97 Å². The molecule has 2 aromatic carbocycles. The van der Waals surface area contributed by atoms with Gasteiger partial charge in [0, 0.05) is 35.2 Å². The van der Waals surface area contributed by atoms with Crippen LogP contribution in [-0.2, 0) is 6.42 Å². The molecule has 8 nitrogen and oxygen atoms in total. The fourth-order valence-electron chi connectivity index (χ4n) is 2.98. The molecule has 0 spiro atoms. The molecule has 1 unspecified atom stereocenters. The van der Waals surface area contributed by atoms with Crippen molar-refractivity contribution < 1.29 is 9.59 Å². The van der Waals surface area contributed by atoms with Crippen LogP contribution < -0.4 is 16.4 Å². The van der Waals surface area contributed by atoms with E-state index in [4.69, 9.17) is 11.0 Å². The Labute approximate surface area is 180 Å². The third-order valence-electron chi connectivity index (χ3n) is 4.64. The lowest BCUT2D eigenvalue weighted by molar-refractivity contribution is 0.101. The molecule has 1 atom stereocenters. The molecular formula is C23H22N6O2. The molecule has 1 aromatic heterocycles. The summed E-state index contributed by atoms with van der Waals surface area (Å²) in [7, 11) is 0. The number of rotatable bonds is 6. The van der Waals surface area contributed by atoms with Crippen molar-refractivity contribution in [2.75, 3.05) is 16.4 Å². The van der Waals surface area contributed by atoms with E-state index in [1.54, 1.807) is 36.4 Å². The Hall–Kier alpha value is -4.25. The van der Waals surface area contributed by atoms with E-state index in [2.05, 4.69) is 26.7 Å². The zero-order chi connectivity index (χ0) is 22.4. The highest BCUT2D eigenvalue weighted by atomic mass is 16.2. The van der Waals surface area contributed by atoms with Crippen LogP contribution >= 0.6 is 0 Å². The van der Waals surface area contributed by atoms with Gasteiger partial charge in [0.15, 0.2) is 11.5 Å². The van der Waals surface area contributed by atoms with Gasteiger partial charge < -0.3 is 16.4 Å². The number of benzene rings is 2. The van der Waals surface area contributed by atoms with Crippen LogP contribution in [0.2, 0.25) is 0 Å². The molecule has 8 heteroatoms. The van der Waals surface area contributed by atoms with Gasteiger partial charge in [-0.2, -0.15) is 5.26 Å². The molecule has 2 amide bonds. The maximum Gasteiger partial charge on any atom is 0.278 e. The molecule has 1 heterocycles. The van der Waals surface area contributed by atoms with Crippen molar-refractivity contribution in [2.45, 2.75) is 20.3 Å². The van der Waals surface area contributed by atoms with Crippen LogP contribution in [0.15, 0.2) is 54.9 Å². The Balaban J connectivity index is 1.75. The van der Waals surface area contributed by atoms with Gasteiger partial charge in [-0.3, -0.25) is 9.59 Å². The molecule has 0 aliphatic carbocycles. The van der Waals surface area contributed by atoms with Gasteiger partial charge in [-0.1, -0.05) is 18.2 Å². The van der Waals surface area contributed by atoms with E-state index >= 15 is 0 Å². The van der Waals surface area contributed by atoms with Crippen molar-refractivity contribution in [2.24, 2.45) is 5.92 Å². The van der Waals surface area contributed by atoms with Crippen LogP contribution in [-0.4, -0.2) is 21.8 Å². The smallest absolute Gasteiger partial charge is 0.278 e. The molecule has 156 valence electrons. The summed E-state index contributed by atoms with van der Waals surface area (Å²) in [5.74, 6) is -0.875. The third-order valence-corrected chi connectivity index (χ3v) is 4.64. The fraction of sp³-hybridized carbons (Fsp3) is 0.174. The van der Waals surface area contributed by atoms with Gasteiger partial charge in [-0.25, -0.2) is 9.97 Å². The van der Waals surface area contributed by atoms with Crippen LogP contribution in [0.4, 0.5) is 17.2 Å². The first-order valence-corrected chi connectivity index (χ1v) is 9.65. The molecule has 31 heavy (non-hydrogen) atoms. The lowest BCUT2D eigenvalue weighted by Crippen LogP contribution is -2.18. The molecule has 0 radical (unpaired) electrons. The Kier molecular flexibility index (Phi) is 6.58. The molecule has 3 rings (SSSR count). The number of aryl methyl sites for hydroxylation is 1. The molecule has 3 aromatic rings. The van der Waals surface area contributed by atoms with Crippen molar-refractivity contribution in [3.05, 3.63) is 77.2 Å². The monoisotopic (exact) mass is 414 g/mol. The van der Waals surface area contributed by atoms with E-state index in [1.165, 1.54) is 12.4 Å². The average molecular weight is 414 g/mol. The van der Waals surface area contributed by atoms with Crippen molar-refractivity contribution >= 4 is 29.0 Å². The van der Waals surface area contributed by atoms with E-state index in [-0.39, 0.29) is 23.3 Å². The Bertz CT molecular complexity index is 1170. The van der Waals surface area contributed by atoms with Gasteiger partial charge in [0.1, 0.15) is 0 Å². The van der Waals surface area contributed by atoms with Gasteiger partial charge in [0.2, 0.25) is 0 Å². The summed E-state index contributed by atoms with van der Waals surface area (Å²) in [6.07, 6.45) is 3.37. The van der Waals surface area contributed by atoms with Crippen LogP contribution in [0, 0.1) is 24.2 Å². The second-order valence-corrected chi connectivity index (χ2v) is 7.16. The predicted octanol–water partition coefficient (Wildman–Crippen LogP) is 3.57. The number of nitrogens with one attached hydrogen (secondary N) is 2. The van der Waals surface area contributed by atoms with Gasteiger partial charge in [0.05, 0.1) is 6.07 Å². The number of carbonyl (C=O) groups is 2. The zero-order valence-electron chi connectivity index (χ0n) is 17.2. The molecule has 0 aliphatic rings. The number of hydrogen-bond acceptors (Lipinski definition) is 6. The summed E-state index contributed by atoms with van der Waals surface area (Å²) in [5, 5.41) is 14.6. The molecule has 0 saturated heterocycles. The molecule has 0 aliphatic heterocycles.